The Labute approximate surface area is 185 Å². The molecule has 0 atom stereocenters. The summed E-state index contributed by atoms with van der Waals surface area (Å²) in [6.07, 6.45) is 5.65. The molecule has 0 spiro atoms. The molecule has 4 heterocycles. The molecule has 3 aromatic heterocycles. The number of aromatic nitrogens is 5. The third kappa shape index (κ3) is 3.44. The third-order valence-corrected chi connectivity index (χ3v) is 6.97. The number of hydrogen-bond acceptors (Lipinski definition) is 5. The van der Waals surface area contributed by atoms with Crippen LogP contribution in [0.15, 0.2) is 36.8 Å². The topological polar surface area (TPSA) is 67.0 Å². The zero-order chi connectivity index (χ0) is 20.0. The summed E-state index contributed by atoms with van der Waals surface area (Å²) >= 11 is 0.555. The summed E-state index contributed by atoms with van der Waals surface area (Å²) in [4.78, 5) is 9.12. The van der Waals surface area contributed by atoms with Crippen LogP contribution in [-0.2, 0) is 4.74 Å². The molecule has 5 rings (SSSR count). The van der Waals surface area contributed by atoms with Crippen molar-refractivity contribution >= 4 is 48.0 Å². The average molecular weight is 581 g/mol. The molecule has 0 saturated carbocycles. The molecule has 0 radical (unpaired) electrons. The summed E-state index contributed by atoms with van der Waals surface area (Å²) in [5, 5.41) is 5.89. The van der Waals surface area contributed by atoms with E-state index in [1.54, 1.807) is 0 Å². The van der Waals surface area contributed by atoms with E-state index in [-0.39, 0.29) is 6.10 Å². The van der Waals surface area contributed by atoms with E-state index in [4.69, 9.17) is 14.6 Å². The van der Waals surface area contributed by atoms with Crippen LogP contribution in [0.2, 0.25) is 0 Å². The number of nitrogens with zero attached hydrogens (tertiary/aromatic N) is 5. The first kappa shape index (κ1) is 19.0. The first-order valence-electron chi connectivity index (χ1n) is 9.96. The average Bonchev–Trinajstić information content (AvgIpc) is 3.30. The summed E-state index contributed by atoms with van der Waals surface area (Å²) in [7, 11) is 0. The molecule has 1 aliphatic rings. The van der Waals surface area contributed by atoms with Gasteiger partial charge in [0.1, 0.15) is 0 Å². The fraction of sp³-hybridized carbons (Fsp3) is 0.381. The van der Waals surface area contributed by atoms with Crippen LogP contribution in [0, 0.1) is 0 Å². The van der Waals surface area contributed by atoms with Gasteiger partial charge in [0.05, 0.1) is 0 Å². The maximum atomic E-state index is 6.34. The van der Waals surface area contributed by atoms with E-state index in [2.05, 4.69) is 49.1 Å². The van der Waals surface area contributed by atoms with Crippen molar-refractivity contribution in [3.8, 4) is 17.1 Å². The predicted octanol–water partition coefficient (Wildman–Crippen LogP) is 3.52. The zero-order valence-corrected chi connectivity index (χ0v) is 21.1. The van der Waals surface area contributed by atoms with Crippen molar-refractivity contribution in [3.05, 3.63) is 36.8 Å². The number of fused-ring (bicyclic) bond motifs is 2. The van der Waals surface area contributed by atoms with Gasteiger partial charge in [0.15, 0.2) is 0 Å². The van der Waals surface area contributed by atoms with Crippen LogP contribution < -0.4 is 4.74 Å². The van der Waals surface area contributed by atoms with Gasteiger partial charge in [-0.2, -0.15) is 0 Å². The van der Waals surface area contributed by atoms with Crippen LogP contribution in [-0.4, -0.2) is 67.5 Å². The molecular formula is C21H22N5O2Tl. The van der Waals surface area contributed by atoms with Gasteiger partial charge in [0, 0.05) is 0 Å². The first-order chi connectivity index (χ1) is 14.1. The molecule has 0 aliphatic carbocycles. The minimum atomic E-state index is 0.138. The summed E-state index contributed by atoms with van der Waals surface area (Å²) in [6, 6.07) is 8.72. The fourth-order valence-electron chi connectivity index (χ4n) is 3.89. The Hall–Kier alpha value is -2.01. The Morgan fingerprint density at radius 1 is 1.14 bits per heavy atom. The molecule has 0 amide bonds. The molecule has 1 fully saturated rings. The van der Waals surface area contributed by atoms with Crippen LogP contribution in [0.5, 0.6) is 5.88 Å². The molecule has 7 nitrogen and oxygen atoms in total. The number of hydrogen-bond donors (Lipinski definition) is 0. The Kier molecular flexibility index (Phi) is 5.02. The minimum absolute atomic E-state index is 0.138. The first-order valence-corrected chi connectivity index (χ1v) is 12.0. The fourth-order valence-corrected chi connectivity index (χ4v) is 5.17. The van der Waals surface area contributed by atoms with Gasteiger partial charge < -0.3 is 0 Å². The molecule has 0 unspecified atom stereocenters. The number of pyridine rings is 1. The Bertz CT molecular complexity index is 1180. The van der Waals surface area contributed by atoms with Crippen molar-refractivity contribution in [2.24, 2.45) is 0 Å². The van der Waals surface area contributed by atoms with E-state index in [0.717, 1.165) is 59.2 Å². The van der Waals surface area contributed by atoms with Crippen molar-refractivity contribution < 1.29 is 9.47 Å². The second-order valence-electron chi connectivity index (χ2n) is 7.68. The molecule has 0 bridgehead atoms. The van der Waals surface area contributed by atoms with Crippen molar-refractivity contribution in [2.45, 2.75) is 38.8 Å². The predicted molar refractivity (Wildman–Crippen MR) is 112 cm³/mol. The van der Waals surface area contributed by atoms with Gasteiger partial charge >= 0.3 is 186 Å². The molecule has 29 heavy (non-hydrogen) atoms. The summed E-state index contributed by atoms with van der Waals surface area (Å²) in [6.45, 7) is 5.82. The maximum absolute atomic E-state index is 6.34. The Balaban J connectivity index is 1.65. The monoisotopic (exact) mass is 581 g/mol. The van der Waals surface area contributed by atoms with Crippen LogP contribution in [0.25, 0.3) is 33.2 Å². The summed E-state index contributed by atoms with van der Waals surface area (Å²) in [5.41, 5.74) is 5.19. The molecule has 146 valence electrons. The van der Waals surface area contributed by atoms with Crippen LogP contribution in [0.4, 0.5) is 0 Å². The van der Waals surface area contributed by atoms with Gasteiger partial charge in [0.2, 0.25) is 0 Å². The quantitative estimate of drug-likeness (QED) is 0.346. The van der Waals surface area contributed by atoms with Crippen molar-refractivity contribution in [3.63, 3.8) is 0 Å². The van der Waals surface area contributed by atoms with Crippen LogP contribution >= 0.6 is 0 Å². The van der Waals surface area contributed by atoms with Gasteiger partial charge in [-0.25, -0.2) is 0 Å². The zero-order valence-electron chi connectivity index (χ0n) is 16.6. The SMILES string of the molecule is CC(C)n1cnc2ccc(-c3n[n]([Tl])c4ccnc(OC5CCOCC5)c34)cc21. The Morgan fingerprint density at radius 2 is 1.97 bits per heavy atom. The number of ether oxygens (including phenoxy) is 2. The van der Waals surface area contributed by atoms with E-state index in [9.17, 15) is 0 Å². The molecule has 1 aliphatic heterocycles. The van der Waals surface area contributed by atoms with E-state index in [1.807, 2.05) is 18.6 Å². The molecule has 1 saturated heterocycles. The Morgan fingerprint density at radius 3 is 2.76 bits per heavy atom. The van der Waals surface area contributed by atoms with Gasteiger partial charge in [-0.05, 0) is 0 Å². The van der Waals surface area contributed by atoms with Gasteiger partial charge in [-0.1, -0.05) is 0 Å². The molecular weight excluding hydrogens is 559 g/mol. The van der Waals surface area contributed by atoms with Crippen molar-refractivity contribution in [2.75, 3.05) is 13.2 Å². The standard InChI is InChI=1S/C21H22N5O2.Tl/c1-13(2)26-12-23-16-4-3-14(11-18(16)26)20-19-17(24-25-20)5-8-22-21(19)28-15-6-9-27-10-7-15;/h3-5,8,11-13,15H,6-7,9-10H2,1-2H3;/q-1;+1. The second-order valence-corrected chi connectivity index (χ2v) is 9.58. The van der Waals surface area contributed by atoms with Crippen molar-refractivity contribution in [1.29, 1.82) is 0 Å². The van der Waals surface area contributed by atoms with Gasteiger partial charge in [-0.3, -0.25) is 0 Å². The van der Waals surface area contributed by atoms with Crippen molar-refractivity contribution in [1.82, 2.24) is 22.1 Å². The second kappa shape index (κ2) is 7.68. The molecule has 1 aromatic carbocycles. The molecule has 8 heteroatoms. The summed E-state index contributed by atoms with van der Waals surface area (Å²) in [5.74, 6) is 0.675. The van der Waals surface area contributed by atoms with Crippen LogP contribution in [0.3, 0.4) is 0 Å². The van der Waals surface area contributed by atoms with Gasteiger partial charge in [0.25, 0.3) is 0 Å². The van der Waals surface area contributed by atoms with E-state index < -0.39 is 0 Å². The summed E-state index contributed by atoms with van der Waals surface area (Å²) < 4.78 is 16.1. The van der Waals surface area contributed by atoms with E-state index in [1.165, 1.54) is 0 Å². The molecule has 0 N–H and O–H groups in total. The van der Waals surface area contributed by atoms with E-state index >= 15 is 0 Å². The number of imidazole rings is 1. The van der Waals surface area contributed by atoms with E-state index in [0.29, 0.717) is 38.0 Å². The van der Waals surface area contributed by atoms with Crippen LogP contribution in [0.1, 0.15) is 32.7 Å². The third-order valence-electron chi connectivity index (χ3n) is 5.44. The number of benzene rings is 1. The van der Waals surface area contributed by atoms with Gasteiger partial charge in [-0.15, -0.1) is 0 Å². The normalized spacial score (nSPS) is 15.5. The number of rotatable bonds is 4. The molecule has 4 aromatic rings.